The second kappa shape index (κ2) is 4.85. The van der Waals surface area contributed by atoms with E-state index in [-0.39, 0.29) is 6.54 Å². The van der Waals surface area contributed by atoms with E-state index in [2.05, 4.69) is 10.4 Å². The molecule has 7 heteroatoms. The maximum atomic E-state index is 12.3. The maximum Gasteiger partial charge on any atom is 0.435 e. The first-order valence-electron chi connectivity index (χ1n) is 5.30. The Bertz CT molecular complexity index is 516. The van der Waals surface area contributed by atoms with Crippen LogP contribution in [0, 0.1) is 0 Å². The number of nitrogens with one attached hydrogen (secondary N) is 1. The molecule has 2 aromatic heterocycles. The van der Waals surface area contributed by atoms with Crippen molar-refractivity contribution in [3.63, 3.8) is 0 Å². The number of rotatable bonds is 4. The molecule has 0 fully saturated rings. The third-order valence-electron chi connectivity index (χ3n) is 2.34. The van der Waals surface area contributed by atoms with Crippen LogP contribution in [0.3, 0.4) is 0 Å². The van der Waals surface area contributed by atoms with Gasteiger partial charge in [0.05, 0.1) is 12.8 Å². The van der Waals surface area contributed by atoms with E-state index in [4.69, 9.17) is 4.42 Å². The molecule has 0 aliphatic heterocycles. The van der Waals surface area contributed by atoms with Crippen LogP contribution in [0.4, 0.5) is 13.2 Å². The van der Waals surface area contributed by atoms with Gasteiger partial charge in [-0.2, -0.15) is 18.3 Å². The third-order valence-corrected chi connectivity index (χ3v) is 2.34. The number of halogens is 3. The molecule has 0 aromatic carbocycles. The average molecular weight is 259 g/mol. The smallest absolute Gasteiger partial charge is 0.435 e. The van der Waals surface area contributed by atoms with Crippen LogP contribution in [0.5, 0.6) is 0 Å². The molecular formula is C11H12F3N3O. The molecule has 0 saturated carbocycles. The van der Waals surface area contributed by atoms with Gasteiger partial charge in [0.15, 0.2) is 5.69 Å². The van der Waals surface area contributed by atoms with Crippen molar-refractivity contribution in [2.24, 2.45) is 0 Å². The molecule has 2 aromatic rings. The van der Waals surface area contributed by atoms with E-state index in [1.165, 1.54) is 10.9 Å². The molecule has 1 N–H and O–H groups in total. The van der Waals surface area contributed by atoms with Crippen molar-refractivity contribution in [1.82, 2.24) is 15.1 Å². The second-order valence-electron chi connectivity index (χ2n) is 3.85. The predicted octanol–water partition coefficient (Wildman–Crippen LogP) is 2.26. The molecule has 0 aliphatic carbocycles. The molecule has 2 heterocycles. The summed E-state index contributed by atoms with van der Waals surface area (Å²) in [6, 6.07) is 2.73. The minimum Gasteiger partial charge on any atom is -0.467 e. The molecule has 18 heavy (non-hydrogen) atoms. The zero-order chi connectivity index (χ0) is 13.2. The van der Waals surface area contributed by atoms with Crippen LogP contribution in [-0.4, -0.2) is 16.8 Å². The van der Waals surface area contributed by atoms with Crippen LogP contribution >= 0.6 is 0 Å². The minimum absolute atomic E-state index is 0.180. The normalized spacial score (nSPS) is 12.0. The lowest BCUT2D eigenvalue weighted by atomic mass is 10.3. The summed E-state index contributed by atoms with van der Waals surface area (Å²) in [5, 5.41) is 6.40. The van der Waals surface area contributed by atoms with Crippen molar-refractivity contribution in [2.75, 3.05) is 7.05 Å². The standard InChI is InChI=1S/C11H12F3N3O/c1-15-5-8-4-9(18-7-8)6-17-3-2-10(16-17)11(12,13)14/h2-4,7,15H,5-6H2,1H3. The van der Waals surface area contributed by atoms with Gasteiger partial charge >= 0.3 is 6.18 Å². The molecule has 0 atom stereocenters. The Morgan fingerprint density at radius 3 is 2.83 bits per heavy atom. The number of alkyl halides is 3. The highest BCUT2D eigenvalue weighted by atomic mass is 19.4. The Morgan fingerprint density at radius 2 is 2.22 bits per heavy atom. The summed E-state index contributed by atoms with van der Waals surface area (Å²) in [7, 11) is 1.80. The Kier molecular flexibility index (Phi) is 3.42. The number of aromatic nitrogens is 2. The van der Waals surface area contributed by atoms with Crippen LogP contribution in [0.15, 0.2) is 29.0 Å². The number of nitrogens with zero attached hydrogens (tertiary/aromatic N) is 2. The van der Waals surface area contributed by atoms with Gasteiger partial charge in [-0.1, -0.05) is 0 Å². The van der Waals surface area contributed by atoms with E-state index < -0.39 is 11.9 Å². The fraction of sp³-hybridized carbons (Fsp3) is 0.364. The lowest BCUT2D eigenvalue weighted by molar-refractivity contribution is -0.141. The number of hydrogen-bond donors (Lipinski definition) is 1. The van der Waals surface area contributed by atoms with Gasteiger partial charge in [0.2, 0.25) is 0 Å². The highest BCUT2D eigenvalue weighted by Crippen LogP contribution is 2.27. The van der Waals surface area contributed by atoms with E-state index >= 15 is 0 Å². The van der Waals surface area contributed by atoms with Crippen molar-refractivity contribution in [2.45, 2.75) is 19.3 Å². The van der Waals surface area contributed by atoms with E-state index in [1.54, 1.807) is 19.4 Å². The van der Waals surface area contributed by atoms with Crippen molar-refractivity contribution >= 4 is 0 Å². The van der Waals surface area contributed by atoms with Crippen LogP contribution in [0.25, 0.3) is 0 Å². The van der Waals surface area contributed by atoms with Crippen molar-refractivity contribution < 1.29 is 17.6 Å². The van der Waals surface area contributed by atoms with Gasteiger partial charge in [0, 0.05) is 18.3 Å². The van der Waals surface area contributed by atoms with E-state index in [0.717, 1.165) is 11.6 Å². The average Bonchev–Trinajstić information content (AvgIpc) is 2.88. The SMILES string of the molecule is CNCc1coc(Cn2ccc(C(F)(F)F)n2)c1. The fourth-order valence-corrected chi connectivity index (χ4v) is 1.57. The first-order chi connectivity index (χ1) is 8.49. The predicted molar refractivity (Wildman–Crippen MR) is 57.8 cm³/mol. The van der Waals surface area contributed by atoms with Gasteiger partial charge in [-0.15, -0.1) is 0 Å². The Labute approximate surface area is 101 Å². The molecule has 4 nitrogen and oxygen atoms in total. The second-order valence-corrected chi connectivity index (χ2v) is 3.85. The van der Waals surface area contributed by atoms with Crippen LogP contribution < -0.4 is 5.32 Å². The Morgan fingerprint density at radius 1 is 1.44 bits per heavy atom. The summed E-state index contributed by atoms with van der Waals surface area (Å²) in [6.07, 6.45) is -1.56. The van der Waals surface area contributed by atoms with Gasteiger partial charge < -0.3 is 9.73 Å². The van der Waals surface area contributed by atoms with Crippen molar-refractivity contribution in [3.8, 4) is 0 Å². The zero-order valence-corrected chi connectivity index (χ0v) is 9.66. The van der Waals surface area contributed by atoms with Crippen LogP contribution in [0.2, 0.25) is 0 Å². The molecule has 0 bridgehead atoms. The first-order valence-corrected chi connectivity index (χ1v) is 5.30. The Hall–Kier alpha value is -1.76. The van der Waals surface area contributed by atoms with Gasteiger partial charge in [-0.25, -0.2) is 0 Å². The summed E-state index contributed by atoms with van der Waals surface area (Å²) >= 11 is 0. The van der Waals surface area contributed by atoms with Gasteiger partial charge in [0.25, 0.3) is 0 Å². The lowest BCUT2D eigenvalue weighted by Gasteiger charge is -2.01. The molecule has 0 aliphatic rings. The quantitative estimate of drug-likeness (QED) is 0.915. The van der Waals surface area contributed by atoms with Crippen molar-refractivity contribution in [3.05, 3.63) is 41.6 Å². The van der Waals surface area contributed by atoms with E-state index in [9.17, 15) is 13.2 Å². The zero-order valence-electron chi connectivity index (χ0n) is 9.66. The number of furan rings is 1. The molecule has 0 amide bonds. The molecule has 0 unspecified atom stereocenters. The van der Waals surface area contributed by atoms with Gasteiger partial charge in [-0.05, 0) is 19.2 Å². The molecular weight excluding hydrogens is 247 g/mol. The molecule has 0 spiro atoms. The topological polar surface area (TPSA) is 43.0 Å². The number of hydrogen-bond acceptors (Lipinski definition) is 3. The van der Waals surface area contributed by atoms with Crippen LogP contribution in [0.1, 0.15) is 17.0 Å². The van der Waals surface area contributed by atoms with Gasteiger partial charge in [0.1, 0.15) is 5.76 Å². The highest BCUT2D eigenvalue weighted by Gasteiger charge is 2.33. The molecule has 98 valence electrons. The summed E-state index contributed by atoms with van der Waals surface area (Å²) in [6.45, 7) is 0.830. The third kappa shape index (κ3) is 2.92. The summed E-state index contributed by atoms with van der Waals surface area (Å²) in [4.78, 5) is 0. The lowest BCUT2D eigenvalue weighted by Crippen LogP contribution is -2.08. The maximum absolute atomic E-state index is 12.3. The van der Waals surface area contributed by atoms with E-state index in [0.29, 0.717) is 12.3 Å². The summed E-state index contributed by atoms with van der Waals surface area (Å²) in [5.74, 6) is 0.567. The molecule has 2 rings (SSSR count). The summed E-state index contributed by atoms with van der Waals surface area (Å²) in [5.41, 5.74) is 0.0419. The fourth-order valence-electron chi connectivity index (χ4n) is 1.57. The van der Waals surface area contributed by atoms with Gasteiger partial charge in [-0.3, -0.25) is 4.68 Å². The monoisotopic (exact) mass is 259 g/mol. The summed E-state index contributed by atoms with van der Waals surface area (Å²) < 4.78 is 43.4. The van der Waals surface area contributed by atoms with E-state index in [1.807, 2.05) is 0 Å². The van der Waals surface area contributed by atoms with Crippen LogP contribution in [-0.2, 0) is 19.3 Å². The Balaban J connectivity index is 2.06. The largest absolute Gasteiger partial charge is 0.467 e. The highest BCUT2D eigenvalue weighted by molar-refractivity contribution is 5.13. The van der Waals surface area contributed by atoms with Crippen molar-refractivity contribution in [1.29, 1.82) is 0 Å². The molecule has 0 saturated heterocycles. The first kappa shape index (κ1) is 12.7. The molecule has 0 radical (unpaired) electrons. The minimum atomic E-state index is -4.41.